The number of pyridine rings is 1. The van der Waals surface area contributed by atoms with Crippen LogP contribution in [0.4, 0.5) is 5.69 Å². The maximum atomic E-state index is 11.6. The van der Waals surface area contributed by atoms with Gasteiger partial charge in [0, 0.05) is 18.3 Å². The Morgan fingerprint density at radius 1 is 1.30 bits per heavy atom. The topological polar surface area (TPSA) is 113 Å². The van der Waals surface area contributed by atoms with Crippen LogP contribution in [-0.2, 0) is 11.2 Å². The normalized spacial score (nSPS) is 12.0. The SMILES string of the molecule is CC(Oc1cc(-c2cnc3ccccn23)sc1CC(N)=O)c1ccccc1[N+](=O)[O-]. The smallest absolute Gasteiger partial charge is 0.276 e. The molecule has 3 aromatic heterocycles. The van der Waals surface area contributed by atoms with Gasteiger partial charge in [-0.2, -0.15) is 0 Å². The highest BCUT2D eigenvalue weighted by Crippen LogP contribution is 2.39. The number of nitrogens with two attached hydrogens (primary N) is 1. The number of hydrogen-bond donors (Lipinski definition) is 1. The van der Waals surface area contributed by atoms with Gasteiger partial charge < -0.3 is 10.5 Å². The standard InChI is InChI=1S/C21H18N4O4S/c1-13(14-6-2-3-7-15(14)25(27)28)29-17-10-18(30-19(17)11-20(22)26)16-12-23-21-8-4-5-9-24(16)21/h2-10,12-13H,11H2,1H3,(H2,22,26). The van der Waals surface area contributed by atoms with Gasteiger partial charge in [0.2, 0.25) is 5.91 Å². The van der Waals surface area contributed by atoms with E-state index >= 15 is 0 Å². The minimum Gasteiger partial charge on any atom is -0.485 e. The zero-order valence-electron chi connectivity index (χ0n) is 16.0. The lowest BCUT2D eigenvalue weighted by molar-refractivity contribution is -0.386. The van der Waals surface area contributed by atoms with Crippen molar-refractivity contribution in [1.29, 1.82) is 0 Å². The molecule has 0 aliphatic rings. The van der Waals surface area contributed by atoms with Crippen molar-refractivity contribution in [3.05, 3.63) is 81.5 Å². The Hall–Kier alpha value is -3.72. The molecule has 2 N–H and O–H groups in total. The summed E-state index contributed by atoms with van der Waals surface area (Å²) in [6.07, 6.45) is 3.08. The fourth-order valence-corrected chi connectivity index (χ4v) is 4.39. The van der Waals surface area contributed by atoms with E-state index in [0.717, 1.165) is 16.2 Å². The first-order chi connectivity index (χ1) is 14.4. The number of amides is 1. The van der Waals surface area contributed by atoms with E-state index in [1.54, 1.807) is 31.3 Å². The van der Waals surface area contributed by atoms with Crippen LogP contribution in [0.15, 0.2) is 60.9 Å². The van der Waals surface area contributed by atoms with E-state index in [4.69, 9.17) is 10.5 Å². The van der Waals surface area contributed by atoms with Crippen LogP contribution in [-0.4, -0.2) is 20.2 Å². The summed E-state index contributed by atoms with van der Waals surface area (Å²) in [7, 11) is 0. The first-order valence-electron chi connectivity index (χ1n) is 9.17. The Labute approximate surface area is 175 Å². The molecule has 1 aromatic carbocycles. The highest BCUT2D eigenvalue weighted by Gasteiger charge is 2.23. The van der Waals surface area contributed by atoms with Crippen molar-refractivity contribution in [1.82, 2.24) is 9.38 Å². The summed E-state index contributed by atoms with van der Waals surface area (Å²) in [6.45, 7) is 1.74. The number of fused-ring (bicyclic) bond motifs is 1. The van der Waals surface area contributed by atoms with Crippen molar-refractivity contribution in [3.8, 4) is 16.3 Å². The molecule has 0 aliphatic heterocycles. The number of nitrogens with zero attached hydrogens (tertiary/aromatic N) is 3. The van der Waals surface area contributed by atoms with E-state index in [-0.39, 0.29) is 12.1 Å². The van der Waals surface area contributed by atoms with Crippen LogP contribution in [0.5, 0.6) is 5.75 Å². The summed E-state index contributed by atoms with van der Waals surface area (Å²) in [4.78, 5) is 28.4. The monoisotopic (exact) mass is 422 g/mol. The van der Waals surface area contributed by atoms with E-state index in [9.17, 15) is 14.9 Å². The molecule has 3 heterocycles. The quantitative estimate of drug-likeness (QED) is 0.355. The lowest BCUT2D eigenvalue weighted by Gasteiger charge is -2.15. The molecule has 0 bridgehead atoms. The molecule has 4 aromatic rings. The number of ether oxygens (including phenoxy) is 1. The fourth-order valence-electron chi connectivity index (χ4n) is 3.29. The third kappa shape index (κ3) is 3.74. The molecule has 0 radical (unpaired) electrons. The van der Waals surface area contributed by atoms with Crippen molar-refractivity contribution in [3.63, 3.8) is 0 Å². The van der Waals surface area contributed by atoms with E-state index in [2.05, 4.69) is 4.98 Å². The van der Waals surface area contributed by atoms with Gasteiger partial charge in [-0.3, -0.25) is 19.3 Å². The molecule has 9 heteroatoms. The van der Waals surface area contributed by atoms with Gasteiger partial charge >= 0.3 is 0 Å². The average molecular weight is 422 g/mol. The molecular weight excluding hydrogens is 404 g/mol. The molecular formula is C21H18N4O4S. The Morgan fingerprint density at radius 2 is 2.07 bits per heavy atom. The molecule has 0 fully saturated rings. The van der Waals surface area contributed by atoms with Crippen LogP contribution in [0.1, 0.15) is 23.5 Å². The van der Waals surface area contributed by atoms with E-state index < -0.39 is 16.9 Å². The van der Waals surface area contributed by atoms with Gasteiger partial charge in [-0.25, -0.2) is 4.98 Å². The second-order valence-corrected chi connectivity index (χ2v) is 7.83. The van der Waals surface area contributed by atoms with Gasteiger partial charge in [0.1, 0.15) is 17.5 Å². The third-order valence-corrected chi connectivity index (χ3v) is 5.79. The number of benzene rings is 1. The summed E-state index contributed by atoms with van der Waals surface area (Å²) < 4.78 is 8.02. The maximum absolute atomic E-state index is 11.6. The van der Waals surface area contributed by atoms with Crippen LogP contribution in [0.2, 0.25) is 0 Å². The number of carbonyl (C=O) groups is 1. The largest absolute Gasteiger partial charge is 0.485 e. The molecule has 0 aliphatic carbocycles. The predicted molar refractivity (Wildman–Crippen MR) is 114 cm³/mol. The minimum absolute atomic E-state index is 0.0142. The summed E-state index contributed by atoms with van der Waals surface area (Å²) >= 11 is 1.39. The number of nitro benzene ring substituents is 1. The summed E-state index contributed by atoms with van der Waals surface area (Å²) in [5, 5.41) is 11.4. The van der Waals surface area contributed by atoms with Crippen molar-refractivity contribution in [2.24, 2.45) is 5.73 Å². The fraction of sp³-hybridized carbons (Fsp3) is 0.143. The number of imidazole rings is 1. The highest BCUT2D eigenvalue weighted by atomic mass is 32.1. The number of nitro groups is 1. The van der Waals surface area contributed by atoms with Gasteiger partial charge in [0.25, 0.3) is 5.69 Å². The van der Waals surface area contributed by atoms with Crippen molar-refractivity contribution in [2.45, 2.75) is 19.4 Å². The third-order valence-electron chi connectivity index (χ3n) is 4.65. The first kappa shape index (κ1) is 19.6. The van der Waals surface area contributed by atoms with Crippen LogP contribution in [0.3, 0.4) is 0 Å². The van der Waals surface area contributed by atoms with Gasteiger partial charge in [0.15, 0.2) is 0 Å². The second-order valence-electron chi connectivity index (χ2n) is 6.69. The Kier molecular flexibility index (Phi) is 5.20. The predicted octanol–water partition coefficient (Wildman–Crippen LogP) is 4.14. The number of thiophene rings is 1. The van der Waals surface area contributed by atoms with Crippen molar-refractivity contribution in [2.75, 3.05) is 0 Å². The first-order valence-corrected chi connectivity index (χ1v) is 9.99. The molecule has 152 valence electrons. The van der Waals surface area contributed by atoms with E-state index in [1.165, 1.54) is 17.4 Å². The van der Waals surface area contributed by atoms with Crippen molar-refractivity contribution < 1.29 is 14.5 Å². The van der Waals surface area contributed by atoms with Crippen LogP contribution < -0.4 is 10.5 Å². The van der Waals surface area contributed by atoms with Gasteiger partial charge in [-0.1, -0.05) is 18.2 Å². The highest BCUT2D eigenvalue weighted by molar-refractivity contribution is 7.15. The van der Waals surface area contributed by atoms with Crippen LogP contribution in [0.25, 0.3) is 16.2 Å². The number of carbonyl (C=O) groups excluding carboxylic acids is 1. The molecule has 0 saturated carbocycles. The molecule has 1 atom stereocenters. The van der Waals surface area contributed by atoms with Crippen molar-refractivity contribution >= 4 is 28.6 Å². The molecule has 0 saturated heterocycles. The van der Waals surface area contributed by atoms with E-state index in [1.807, 2.05) is 34.9 Å². The zero-order valence-corrected chi connectivity index (χ0v) is 16.8. The molecule has 30 heavy (non-hydrogen) atoms. The summed E-state index contributed by atoms with van der Waals surface area (Å²) in [6, 6.07) is 14.0. The van der Waals surface area contributed by atoms with Crippen LogP contribution >= 0.6 is 11.3 Å². The Morgan fingerprint density at radius 3 is 2.83 bits per heavy atom. The number of rotatable bonds is 7. The van der Waals surface area contributed by atoms with Gasteiger partial charge in [0.05, 0.1) is 38.6 Å². The molecule has 1 unspecified atom stereocenters. The lowest BCUT2D eigenvalue weighted by atomic mass is 10.1. The number of para-hydroxylation sites is 1. The maximum Gasteiger partial charge on any atom is 0.276 e. The molecule has 4 rings (SSSR count). The average Bonchev–Trinajstić information content (AvgIpc) is 3.31. The number of hydrogen-bond acceptors (Lipinski definition) is 6. The summed E-state index contributed by atoms with van der Waals surface area (Å²) in [5.41, 5.74) is 7.52. The second kappa shape index (κ2) is 7.96. The minimum atomic E-state index is -0.595. The molecule has 8 nitrogen and oxygen atoms in total. The van der Waals surface area contributed by atoms with Gasteiger partial charge in [-0.15, -0.1) is 11.3 Å². The Balaban J connectivity index is 1.72. The summed E-state index contributed by atoms with van der Waals surface area (Å²) in [5.74, 6) is -0.00457. The molecule has 1 amide bonds. The lowest BCUT2D eigenvalue weighted by Crippen LogP contribution is -2.14. The van der Waals surface area contributed by atoms with Crippen LogP contribution in [0, 0.1) is 10.1 Å². The number of primary amides is 1. The van der Waals surface area contributed by atoms with Gasteiger partial charge in [-0.05, 0) is 25.1 Å². The zero-order chi connectivity index (χ0) is 21.3. The van der Waals surface area contributed by atoms with E-state index in [0.29, 0.717) is 16.2 Å². The number of aromatic nitrogens is 2. The molecule has 0 spiro atoms. The Bertz CT molecular complexity index is 1250.